The number of halogens is 1. The fourth-order valence-electron chi connectivity index (χ4n) is 2.90. The first kappa shape index (κ1) is 20.0. The van der Waals surface area contributed by atoms with Crippen molar-refractivity contribution < 1.29 is 4.52 Å². The Bertz CT molecular complexity index is 658. The van der Waals surface area contributed by atoms with E-state index in [1.807, 2.05) is 13.8 Å². The Morgan fingerprint density at radius 3 is 2.64 bits per heavy atom. The molecule has 3 rings (SSSR count). The van der Waals surface area contributed by atoms with Gasteiger partial charge in [-0.2, -0.15) is 0 Å². The minimum atomic E-state index is 0. The summed E-state index contributed by atoms with van der Waals surface area (Å²) in [6.07, 6.45) is 0. The Morgan fingerprint density at radius 2 is 2.08 bits per heavy atom. The van der Waals surface area contributed by atoms with Crippen LogP contribution in [0.2, 0.25) is 0 Å². The van der Waals surface area contributed by atoms with Crippen LogP contribution in [0.4, 0.5) is 5.00 Å². The van der Waals surface area contributed by atoms with Crippen molar-refractivity contribution in [2.24, 2.45) is 4.99 Å². The van der Waals surface area contributed by atoms with Gasteiger partial charge in [-0.3, -0.25) is 0 Å². The van der Waals surface area contributed by atoms with Crippen molar-refractivity contribution in [1.29, 1.82) is 0 Å². The Labute approximate surface area is 170 Å². The average molecular weight is 475 g/mol. The maximum absolute atomic E-state index is 5.23. The number of aromatic nitrogens is 1. The van der Waals surface area contributed by atoms with Gasteiger partial charge in [-0.05, 0) is 38.3 Å². The number of thiophene rings is 1. The summed E-state index contributed by atoms with van der Waals surface area (Å²) in [7, 11) is 0. The zero-order chi connectivity index (χ0) is 16.9. The van der Waals surface area contributed by atoms with Crippen molar-refractivity contribution in [1.82, 2.24) is 15.4 Å². The number of guanidine groups is 1. The fourth-order valence-corrected chi connectivity index (χ4v) is 3.68. The predicted octanol–water partition coefficient (Wildman–Crippen LogP) is 3.26. The molecule has 25 heavy (non-hydrogen) atoms. The smallest absolute Gasteiger partial charge is 0.194 e. The molecule has 3 heterocycles. The molecule has 0 bridgehead atoms. The van der Waals surface area contributed by atoms with Gasteiger partial charge in [0.25, 0.3) is 0 Å². The van der Waals surface area contributed by atoms with E-state index in [1.54, 1.807) is 11.3 Å². The van der Waals surface area contributed by atoms with Crippen LogP contribution < -0.4 is 10.2 Å². The van der Waals surface area contributed by atoms with Crippen molar-refractivity contribution in [3.8, 4) is 0 Å². The molecule has 138 valence electrons. The van der Waals surface area contributed by atoms with E-state index in [9.17, 15) is 0 Å². The first-order valence-corrected chi connectivity index (χ1v) is 9.30. The number of nitrogens with one attached hydrogen (secondary N) is 1. The van der Waals surface area contributed by atoms with Gasteiger partial charge in [-0.25, -0.2) is 4.99 Å². The van der Waals surface area contributed by atoms with Crippen LogP contribution in [0, 0.1) is 13.8 Å². The lowest BCUT2D eigenvalue weighted by molar-refractivity contribution is 0.373. The summed E-state index contributed by atoms with van der Waals surface area (Å²) in [5.41, 5.74) is 2.01. The second-order valence-corrected chi connectivity index (χ2v) is 6.82. The topological polar surface area (TPSA) is 56.9 Å². The average Bonchev–Trinajstić information content (AvgIpc) is 3.23. The highest BCUT2D eigenvalue weighted by atomic mass is 127. The number of piperazine rings is 1. The molecule has 1 aliphatic heterocycles. The van der Waals surface area contributed by atoms with E-state index in [1.165, 1.54) is 5.00 Å². The number of aryl methyl sites for hydroxylation is 2. The van der Waals surface area contributed by atoms with Crippen LogP contribution in [-0.2, 0) is 6.54 Å². The van der Waals surface area contributed by atoms with Gasteiger partial charge in [-0.15, -0.1) is 35.3 Å². The first-order chi connectivity index (χ1) is 11.7. The number of hydrogen-bond acceptors (Lipinski definition) is 5. The monoisotopic (exact) mass is 475 g/mol. The van der Waals surface area contributed by atoms with Crippen molar-refractivity contribution in [3.05, 3.63) is 34.5 Å². The lowest BCUT2D eigenvalue weighted by atomic mass is 10.2. The van der Waals surface area contributed by atoms with E-state index in [-0.39, 0.29) is 24.0 Å². The predicted molar refractivity (Wildman–Crippen MR) is 114 cm³/mol. The van der Waals surface area contributed by atoms with E-state index in [0.717, 1.165) is 55.7 Å². The third kappa shape index (κ3) is 4.87. The molecule has 0 aromatic carbocycles. The largest absolute Gasteiger partial charge is 0.361 e. The Balaban J connectivity index is 0.00000225. The van der Waals surface area contributed by atoms with Gasteiger partial charge in [0.05, 0.1) is 17.2 Å². The van der Waals surface area contributed by atoms with Gasteiger partial charge in [-0.1, -0.05) is 5.16 Å². The van der Waals surface area contributed by atoms with Gasteiger partial charge in [0, 0.05) is 38.3 Å². The van der Waals surface area contributed by atoms with Crippen LogP contribution in [0.1, 0.15) is 23.9 Å². The Hall–Kier alpha value is -1.29. The molecule has 6 nitrogen and oxygen atoms in total. The minimum Gasteiger partial charge on any atom is -0.361 e. The molecule has 1 saturated heterocycles. The third-order valence-corrected chi connectivity index (χ3v) is 5.23. The van der Waals surface area contributed by atoms with Crippen molar-refractivity contribution in [2.45, 2.75) is 27.3 Å². The molecule has 2 aromatic rings. The number of hydrogen-bond donors (Lipinski definition) is 1. The summed E-state index contributed by atoms with van der Waals surface area (Å²) >= 11 is 1.81. The standard InChI is InChI=1S/C17H25N5OS.HI/c1-4-18-17(19-12-15-13(2)20-23-14(15)3)22-9-7-21(8-10-22)16-6-5-11-24-16;/h5-6,11H,4,7-10,12H2,1-3H3,(H,18,19);1H. The van der Waals surface area contributed by atoms with Crippen molar-refractivity contribution >= 4 is 46.3 Å². The van der Waals surface area contributed by atoms with Crippen LogP contribution in [0.3, 0.4) is 0 Å². The van der Waals surface area contributed by atoms with E-state index in [2.05, 4.69) is 44.7 Å². The highest BCUT2D eigenvalue weighted by molar-refractivity contribution is 14.0. The van der Waals surface area contributed by atoms with Crippen molar-refractivity contribution in [3.63, 3.8) is 0 Å². The maximum atomic E-state index is 5.23. The SMILES string of the molecule is CCNC(=NCc1c(C)noc1C)N1CCN(c2cccs2)CC1.I. The van der Waals surface area contributed by atoms with Crippen LogP contribution >= 0.6 is 35.3 Å². The van der Waals surface area contributed by atoms with Crippen LogP contribution in [0.15, 0.2) is 27.0 Å². The molecule has 1 fully saturated rings. The number of rotatable bonds is 4. The van der Waals surface area contributed by atoms with E-state index < -0.39 is 0 Å². The van der Waals surface area contributed by atoms with Crippen molar-refractivity contribution in [2.75, 3.05) is 37.6 Å². The molecule has 0 unspecified atom stereocenters. The number of anilines is 1. The van der Waals surface area contributed by atoms with Crippen LogP contribution in [0.5, 0.6) is 0 Å². The molecule has 1 aliphatic rings. The summed E-state index contributed by atoms with van der Waals surface area (Å²) in [4.78, 5) is 9.59. The lowest BCUT2D eigenvalue weighted by Gasteiger charge is -2.37. The Morgan fingerprint density at radius 1 is 1.32 bits per heavy atom. The molecule has 0 saturated carbocycles. The fraction of sp³-hybridized carbons (Fsp3) is 0.529. The Kier molecular flexibility index (Phi) is 7.55. The van der Waals surface area contributed by atoms with Gasteiger partial charge in [0.15, 0.2) is 5.96 Å². The summed E-state index contributed by atoms with van der Waals surface area (Å²) in [5, 5.41) is 10.9. The van der Waals surface area contributed by atoms with Gasteiger partial charge in [0.1, 0.15) is 5.76 Å². The molecule has 8 heteroatoms. The third-order valence-electron chi connectivity index (χ3n) is 4.30. The normalized spacial score (nSPS) is 15.2. The van der Waals surface area contributed by atoms with Crippen LogP contribution in [-0.4, -0.2) is 48.7 Å². The molecular weight excluding hydrogens is 449 g/mol. The zero-order valence-corrected chi connectivity index (χ0v) is 18.1. The molecule has 0 aliphatic carbocycles. The molecule has 0 spiro atoms. The summed E-state index contributed by atoms with van der Waals surface area (Å²) < 4.78 is 5.23. The second kappa shape index (κ2) is 9.42. The maximum Gasteiger partial charge on any atom is 0.194 e. The molecule has 2 aromatic heterocycles. The molecule has 0 atom stereocenters. The molecule has 0 radical (unpaired) electrons. The van der Waals surface area contributed by atoms with E-state index >= 15 is 0 Å². The highest BCUT2D eigenvalue weighted by Gasteiger charge is 2.20. The summed E-state index contributed by atoms with van der Waals surface area (Å²) in [5.74, 6) is 1.83. The number of nitrogens with zero attached hydrogens (tertiary/aromatic N) is 4. The van der Waals surface area contributed by atoms with Gasteiger partial charge < -0.3 is 19.6 Å². The zero-order valence-electron chi connectivity index (χ0n) is 15.0. The van der Waals surface area contributed by atoms with Gasteiger partial charge in [0.2, 0.25) is 0 Å². The van der Waals surface area contributed by atoms with Crippen LogP contribution in [0.25, 0.3) is 0 Å². The first-order valence-electron chi connectivity index (χ1n) is 8.42. The summed E-state index contributed by atoms with van der Waals surface area (Å²) in [6, 6.07) is 4.30. The summed E-state index contributed by atoms with van der Waals surface area (Å²) in [6.45, 7) is 11.5. The second-order valence-electron chi connectivity index (χ2n) is 5.90. The molecule has 0 amide bonds. The lowest BCUT2D eigenvalue weighted by Crippen LogP contribution is -2.52. The van der Waals surface area contributed by atoms with Gasteiger partial charge >= 0.3 is 0 Å². The number of aliphatic imine (C=N–C) groups is 1. The quantitative estimate of drug-likeness (QED) is 0.418. The van der Waals surface area contributed by atoms with E-state index in [0.29, 0.717) is 6.54 Å². The molecular formula is C17H26IN5OS. The molecule has 1 N–H and O–H groups in total. The minimum absolute atomic E-state index is 0. The van der Waals surface area contributed by atoms with E-state index in [4.69, 9.17) is 9.52 Å². The highest BCUT2D eigenvalue weighted by Crippen LogP contribution is 2.22.